The fraction of sp³-hybridized carbons (Fsp3) is 0.400. The van der Waals surface area contributed by atoms with Crippen LogP contribution in [0.1, 0.15) is 38.1 Å². The van der Waals surface area contributed by atoms with Crippen molar-refractivity contribution in [2.45, 2.75) is 45.5 Å². The van der Waals surface area contributed by atoms with Crippen molar-refractivity contribution >= 4 is 32.9 Å². The van der Waals surface area contributed by atoms with E-state index in [0.29, 0.717) is 6.54 Å². The average Bonchev–Trinajstić information content (AvgIpc) is 3.20. The third-order valence-electron chi connectivity index (χ3n) is 5.72. The summed E-state index contributed by atoms with van der Waals surface area (Å²) in [6.45, 7) is 7.93. The highest BCUT2D eigenvalue weighted by atomic mass is 79.9. The van der Waals surface area contributed by atoms with Crippen LogP contribution < -0.4 is 5.32 Å². The predicted octanol–water partition coefficient (Wildman–Crippen LogP) is 5.73. The summed E-state index contributed by atoms with van der Waals surface area (Å²) in [5.41, 5.74) is 3.30. The topological polar surface area (TPSA) is 46.5 Å². The molecule has 2 heterocycles. The van der Waals surface area contributed by atoms with Gasteiger partial charge in [0.25, 0.3) is 0 Å². The van der Waals surface area contributed by atoms with E-state index >= 15 is 0 Å². The van der Waals surface area contributed by atoms with Crippen LogP contribution in [-0.2, 0) is 17.8 Å². The van der Waals surface area contributed by atoms with Gasteiger partial charge in [-0.25, -0.2) is 4.79 Å². The number of halogens is 1. The Morgan fingerprint density at radius 1 is 1.19 bits per heavy atom. The van der Waals surface area contributed by atoms with Gasteiger partial charge in [-0.15, -0.1) is 0 Å². The number of rotatable bonds is 5. The second-order valence-electron chi connectivity index (χ2n) is 9.37. The van der Waals surface area contributed by atoms with Crippen LogP contribution in [0.4, 0.5) is 4.79 Å². The minimum Gasteiger partial charge on any atom is -0.444 e. The summed E-state index contributed by atoms with van der Waals surface area (Å²) in [5, 5.41) is 4.24. The lowest BCUT2D eigenvalue weighted by atomic mass is 9.98. The summed E-state index contributed by atoms with van der Waals surface area (Å²) < 4.78 is 8.94. The molecule has 1 N–H and O–H groups in total. The predicted molar refractivity (Wildman–Crippen MR) is 128 cm³/mol. The largest absolute Gasteiger partial charge is 0.444 e. The molecular weight excluding hydrogens is 454 g/mol. The van der Waals surface area contributed by atoms with E-state index < -0.39 is 5.60 Å². The molecule has 3 aromatic rings. The molecule has 0 unspecified atom stereocenters. The molecular formula is C25H30BrN3O2. The number of aromatic nitrogens is 1. The maximum Gasteiger partial charge on any atom is 0.407 e. The molecule has 0 saturated carbocycles. The van der Waals surface area contributed by atoms with E-state index in [2.05, 4.69) is 86.3 Å². The number of amides is 1. The smallest absolute Gasteiger partial charge is 0.407 e. The molecule has 0 spiro atoms. The van der Waals surface area contributed by atoms with Gasteiger partial charge in [0.15, 0.2) is 0 Å². The SMILES string of the molecule is CN(Cc1ccccc1)[C@H]1c2cc3cc(Br)ccc3n2C[C@H]1CNC(=O)OC(C)(C)C. The molecule has 0 bridgehead atoms. The highest BCUT2D eigenvalue weighted by molar-refractivity contribution is 9.10. The van der Waals surface area contributed by atoms with Crippen molar-refractivity contribution in [2.75, 3.05) is 13.6 Å². The normalized spacial score (nSPS) is 18.4. The van der Waals surface area contributed by atoms with Gasteiger partial charge in [-0.05, 0) is 57.6 Å². The molecule has 0 saturated heterocycles. The van der Waals surface area contributed by atoms with Crippen molar-refractivity contribution in [3.05, 3.63) is 70.3 Å². The Morgan fingerprint density at radius 2 is 1.94 bits per heavy atom. The van der Waals surface area contributed by atoms with E-state index in [1.165, 1.54) is 22.2 Å². The van der Waals surface area contributed by atoms with Crippen LogP contribution in [0.2, 0.25) is 0 Å². The van der Waals surface area contributed by atoms with Crippen LogP contribution in [0.15, 0.2) is 59.1 Å². The number of hydrogen-bond acceptors (Lipinski definition) is 3. The fourth-order valence-electron chi connectivity index (χ4n) is 4.55. The molecule has 1 aromatic heterocycles. The highest BCUT2D eigenvalue weighted by Gasteiger charge is 2.37. The van der Waals surface area contributed by atoms with Gasteiger partial charge in [0.2, 0.25) is 0 Å². The number of alkyl carbamates (subject to hydrolysis) is 1. The Kier molecular flexibility index (Phi) is 6.13. The first-order chi connectivity index (χ1) is 14.7. The summed E-state index contributed by atoms with van der Waals surface area (Å²) in [7, 11) is 2.17. The van der Waals surface area contributed by atoms with Crippen LogP contribution >= 0.6 is 15.9 Å². The van der Waals surface area contributed by atoms with E-state index in [9.17, 15) is 4.79 Å². The first kappa shape index (κ1) is 21.9. The third-order valence-corrected chi connectivity index (χ3v) is 6.21. The van der Waals surface area contributed by atoms with Gasteiger partial charge in [-0.1, -0.05) is 46.3 Å². The van der Waals surface area contributed by atoms with Gasteiger partial charge in [-0.2, -0.15) is 0 Å². The standard InChI is InChI=1S/C25H30BrN3O2/c1-25(2,3)31-24(30)27-14-19-16-29-21-11-10-20(26)12-18(21)13-22(29)23(19)28(4)15-17-8-6-5-7-9-17/h5-13,19,23H,14-16H2,1-4H3,(H,27,30)/t19-,23-/m1/s1. The van der Waals surface area contributed by atoms with E-state index in [-0.39, 0.29) is 18.1 Å². The first-order valence-corrected chi connectivity index (χ1v) is 11.5. The summed E-state index contributed by atoms with van der Waals surface area (Å²) in [6, 6.07) is 19.4. The van der Waals surface area contributed by atoms with E-state index in [1.807, 2.05) is 26.8 Å². The van der Waals surface area contributed by atoms with Crippen LogP contribution in [0.3, 0.4) is 0 Å². The minimum atomic E-state index is -0.502. The third kappa shape index (κ3) is 4.96. The number of fused-ring (bicyclic) bond motifs is 3. The molecule has 1 aliphatic rings. The Balaban J connectivity index is 1.59. The highest BCUT2D eigenvalue weighted by Crippen LogP contribution is 2.40. The second-order valence-corrected chi connectivity index (χ2v) is 10.3. The molecule has 4 rings (SSSR count). The Labute approximate surface area is 192 Å². The summed E-state index contributed by atoms with van der Waals surface area (Å²) in [4.78, 5) is 14.7. The second kappa shape index (κ2) is 8.67. The number of carbonyl (C=O) groups excluding carboxylic acids is 1. The molecule has 1 amide bonds. The summed E-state index contributed by atoms with van der Waals surface area (Å²) in [5.74, 6) is 0.254. The number of carbonyl (C=O) groups is 1. The van der Waals surface area contributed by atoms with Crippen LogP contribution in [-0.4, -0.2) is 34.8 Å². The zero-order chi connectivity index (χ0) is 22.2. The van der Waals surface area contributed by atoms with Gasteiger partial charge in [-0.3, -0.25) is 4.90 Å². The van der Waals surface area contributed by atoms with Gasteiger partial charge in [0.05, 0.1) is 6.04 Å². The molecule has 1 aliphatic heterocycles. The van der Waals surface area contributed by atoms with Gasteiger partial charge in [0.1, 0.15) is 5.60 Å². The minimum absolute atomic E-state index is 0.196. The van der Waals surface area contributed by atoms with Gasteiger partial charge in [0, 0.05) is 46.6 Å². The number of nitrogens with one attached hydrogen (secondary N) is 1. The first-order valence-electron chi connectivity index (χ1n) is 10.7. The Hall–Kier alpha value is -2.31. The zero-order valence-corrected chi connectivity index (χ0v) is 20.1. The van der Waals surface area contributed by atoms with Gasteiger partial charge < -0.3 is 14.6 Å². The molecule has 2 aromatic carbocycles. The molecule has 0 fully saturated rings. The lowest BCUT2D eigenvalue weighted by Crippen LogP contribution is -2.38. The number of ether oxygens (including phenoxy) is 1. The Bertz CT molecular complexity index is 1070. The maximum absolute atomic E-state index is 12.3. The summed E-state index contributed by atoms with van der Waals surface area (Å²) >= 11 is 3.59. The molecule has 164 valence electrons. The molecule has 0 radical (unpaired) electrons. The average molecular weight is 484 g/mol. The van der Waals surface area contributed by atoms with Crippen molar-refractivity contribution in [1.29, 1.82) is 0 Å². The lowest BCUT2D eigenvalue weighted by molar-refractivity contribution is 0.0506. The van der Waals surface area contributed by atoms with Crippen molar-refractivity contribution < 1.29 is 9.53 Å². The molecule has 2 atom stereocenters. The molecule has 0 aliphatic carbocycles. The zero-order valence-electron chi connectivity index (χ0n) is 18.6. The van der Waals surface area contributed by atoms with Crippen molar-refractivity contribution in [1.82, 2.24) is 14.8 Å². The summed E-state index contributed by atoms with van der Waals surface area (Å²) in [6.07, 6.45) is -0.359. The van der Waals surface area contributed by atoms with Gasteiger partial charge >= 0.3 is 6.09 Å². The lowest BCUT2D eigenvalue weighted by Gasteiger charge is -2.30. The van der Waals surface area contributed by atoms with E-state index in [1.54, 1.807) is 0 Å². The van der Waals surface area contributed by atoms with Crippen LogP contribution in [0.25, 0.3) is 10.9 Å². The van der Waals surface area contributed by atoms with Crippen LogP contribution in [0.5, 0.6) is 0 Å². The monoisotopic (exact) mass is 483 g/mol. The number of nitrogens with zero attached hydrogens (tertiary/aromatic N) is 2. The Morgan fingerprint density at radius 3 is 2.65 bits per heavy atom. The number of hydrogen-bond donors (Lipinski definition) is 1. The quantitative estimate of drug-likeness (QED) is 0.503. The molecule has 5 nitrogen and oxygen atoms in total. The van der Waals surface area contributed by atoms with Crippen molar-refractivity contribution in [3.63, 3.8) is 0 Å². The van der Waals surface area contributed by atoms with Crippen molar-refractivity contribution in [2.24, 2.45) is 5.92 Å². The molecule has 6 heteroatoms. The fourth-order valence-corrected chi connectivity index (χ4v) is 4.93. The van der Waals surface area contributed by atoms with E-state index in [4.69, 9.17) is 4.74 Å². The number of benzene rings is 2. The van der Waals surface area contributed by atoms with Crippen molar-refractivity contribution in [3.8, 4) is 0 Å². The van der Waals surface area contributed by atoms with Crippen LogP contribution in [0, 0.1) is 5.92 Å². The maximum atomic E-state index is 12.3. The van der Waals surface area contributed by atoms with E-state index in [0.717, 1.165) is 17.6 Å². The molecule has 31 heavy (non-hydrogen) atoms.